The molecular formula is C11H9BrN2O2S. The maximum absolute atomic E-state index is 11.0. The van der Waals surface area contributed by atoms with Crippen LogP contribution in [0.15, 0.2) is 28.7 Å². The second-order valence-corrected chi connectivity index (χ2v) is 5.23. The van der Waals surface area contributed by atoms with Crippen molar-refractivity contribution in [1.82, 2.24) is 4.98 Å². The van der Waals surface area contributed by atoms with E-state index in [0.717, 1.165) is 21.4 Å². The van der Waals surface area contributed by atoms with Gasteiger partial charge in [0.1, 0.15) is 9.88 Å². The standard InChI is InChI=1S/C11H9BrN2O2S/c12-7-3-1-2-6(4-7)10-14-8(5-13)9(17-10)11(15)16/h1-4H,5,13H2,(H,15,16). The van der Waals surface area contributed by atoms with Gasteiger partial charge in [0.15, 0.2) is 0 Å². The zero-order valence-electron chi connectivity index (χ0n) is 8.68. The predicted octanol–water partition coefficient (Wildman–Crippen LogP) is 2.73. The number of halogens is 1. The molecule has 1 heterocycles. The molecule has 6 heteroatoms. The molecular weight excluding hydrogens is 304 g/mol. The van der Waals surface area contributed by atoms with Gasteiger partial charge in [-0.25, -0.2) is 9.78 Å². The van der Waals surface area contributed by atoms with E-state index < -0.39 is 5.97 Å². The normalized spacial score (nSPS) is 10.5. The fourth-order valence-corrected chi connectivity index (χ4v) is 2.73. The Morgan fingerprint density at radius 1 is 1.53 bits per heavy atom. The average molecular weight is 313 g/mol. The Bertz CT molecular complexity index is 568. The summed E-state index contributed by atoms with van der Waals surface area (Å²) >= 11 is 4.51. The van der Waals surface area contributed by atoms with Crippen molar-refractivity contribution in [2.24, 2.45) is 5.73 Å². The molecule has 0 atom stereocenters. The molecule has 0 saturated heterocycles. The number of hydrogen-bond acceptors (Lipinski definition) is 4. The molecule has 4 nitrogen and oxygen atoms in total. The zero-order chi connectivity index (χ0) is 12.4. The van der Waals surface area contributed by atoms with Crippen molar-refractivity contribution in [2.45, 2.75) is 6.54 Å². The summed E-state index contributed by atoms with van der Waals surface area (Å²) in [5.41, 5.74) is 6.79. The molecule has 2 aromatic rings. The van der Waals surface area contributed by atoms with Crippen molar-refractivity contribution in [2.75, 3.05) is 0 Å². The van der Waals surface area contributed by atoms with E-state index in [9.17, 15) is 4.79 Å². The van der Waals surface area contributed by atoms with Gasteiger partial charge in [0.2, 0.25) is 0 Å². The van der Waals surface area contributed by atoms with Gasteiger partial charge in [-0.1, -0.05) is 28.1 Å². The van der Waals surface area contributed by atoms with Gasteiger partial charge in [0.05, 0.1) is 5.69 Å². The Hall–Kier alpha value is -1.24. The molecule has 0 fully saturated rings. The number of rotatable bonds is 3. The molecule has 2 rings (SSSR count). The van der Waals surface area contributed by atoms with Gasteiger partial charge in [-0.3, -0.25) is 0 Å². The topological polar surface area (TPSA) is 76.2 Å². The van der Waals surface area contributed by atoms with Gasteiger partial charge in [-0.05, 0) is 12.1 Å². The number of aromatic carboxylic acids is 1. The van der Waals surface area contributed by atoms with Crippen LogP contribution in [0.5, 0.6) is 0 Å². The molecule has 0 bridgehead atoms. The maximum Gasteiger partial charge on any atom is 0.347 e. The lowest BCUT2D eigenvalue weighted by atomic mass is 10.2. The van der Waals surface area contributed by atoms with Crippen molar-refractivity contribution >= 4 is 33.2 Å². The fraction of sp³-hybridized carbons (Fsp3) is 0.0909. The van der Waals surface area contributed by atoms with Gasteiger partial charge in [-0.2, -0.15) is 0 Å². The van der Waals surface area contributed by atoms with Crippen molar-refractivity contribution < 1.29 is 9.90 Å². The van der Waals surface area contributed by atoms with Crippen molar-refractivity contribution in [3.8, 4) is 10.6 Å². The van der Waals surface area contributed by atoms with Crippen LogP contribution in [0, 0.1) is 0 Å². The summed E-state index contributed by atoms with van der Waals surface area (Å²) in [4.78, 5) is 15.5. The Morgan fingerprint density at radius 2 is 2.29 bits per heavy atom. The van der Waals surface area contributed by atoms with E-state index in [2.05, 4.69) is 20.9 Å². The number of nitrogens with zero attached hydrogens (tertiary/aromatic N) is 1. The molecule has 0 aliphatic heterocycles. The van der Waals surface area contributed by atoms with Crippen LogP contribution < -0.4 is 5.73 Å². The van der Waals surface area contributed by atoms with Crippen LogP contribution in [0.3, 0.4) is 0 Å². The smallest absolute Gasteiger partial charge is 0.347 e. The third-order valence-corrected chi connectivity index (χ3v) is 3.78. The van der Waals surface area contributed by atoms with Crippen LogP contribution in [0.4, 0.5) is 0 Å². The number of hydrogen-bond donors (Lipinski definition) is 2. The van der Waals surface area contributed by atoms with Gasteiger partial charge < -0.3 is 10.8 Å². The number of benzene rings is 1. The Morgan fingerprint density at radius 3 is 2.82 bits per heavy atom. The molecule has 17 heavy (non-hydrogen) atoms. The molecule has 0 aliphatic rings. The van der Waals surface area contributed by atoms with Gasteiger partial charge in [0, 0.05) is 16.6 Å². The summed E-state index contributed by atoms with van der Waals surface area (Å²) in [5, 5.41) is 9.69. The molecule has 0 radical (unpaired) electrons. The van der Waals surface area contributed by atoms with Crippen molar-refractivity contribution in [3.63, 3.8) is 0 Å². The van der Waals surface area contributed by atoms with E-state index in [1.807, 2.05) is 24.3 Å². The van der Waals surface area contributed by atoms with Crippen LogP contribution in [0.25, 0.3) is 10.6 Å². The largest absolute Gasteiger partial charge is 0.477 e. The molecule has 1 aromatic carbocycles. The summed E-state index contributed by atoms with van der Waals surface area (Å²) in [5.74, 6) is -0.982. The Balaban J connectivity index is 2.50. The number of carbonyl (C=O) groups is 1. The van der Waals surface area contributed by atoms with E-state index in [1.165, 1.54) is 0 Å². The van der Waals surface area contributed by atoms with Gasteiger partial charge in [0.25, 0.3) is 0 Å². The van der Waals surface area contributed by atoms with Crippen LogP contribution >= 0.6 is 27.3 Å². The van der Waals surface area contributed by atoms with E-state index in [-0.39, 0.29) is 11.4 Å². The second kappa shape index (κ2) is 4.95. The molecule has 0 amide bonds. The SMILES string of the molecule is NCc1nc(-c2cccc(Br)c2)sc1C(=O)O. The van der Waals surface area contributed by atoms with Crippen molar-refractivity contribution in [1.29, 1.82) is 0 Å². The van der Waals surface area contributed by atoms with Gasteiger partial charge >= 0.3 is 5.97 Å². The van der Waals surface area contributed by atoms with E-state index >= 15 is 0 Å². The van der Waals surface area contributed by atoms with E-state index in [4.69, 9.17) is 10.8 Å². The first-order valence-electron chi connectivity index (χ1n) is 4.81. The van der Waals surface area contributed by atoms with Crippen LogP contribution in [-0.2, 0) is 6.54 Å². The zero-order valence-corrected chi connectivity index (χ0v) is 11.1. The first-order valence-corrected chi connectivity index (χ1v) is 6.41. The minimum absolute atomic E-state index is 0.131. The molecule has 0 aliphatic carbocycles. The maximum atomic E-state index is 11.0. The molecule has 0 spiro atoms. The summed E-state index contributed by atoms with van der Waals surface area (Å²) < 4.78 is 0.927. The molecule has 3 N–H and O–H groups in total. The monoisotopic (exact) mass is 312 g/mol. The quantitative estimate of drug-likeness (QED) is 0.913. The second-order valence-electron chi connectivity index (χ2n) is 3.31. The minimum atomic E-state index is -0.982. The first-order chi connectivity index (χ1) is 8.11. The molecule has 0 saturated carbocycles. The van der Waals surface area contributed by atoms with E-state index in [0.29, 0.717) is 10.7 Å². The molecule has 1 aromatic heterocycles. The average Bonchev–Trinajstić information content (AvgIpc) is 2.73. The molecule has 88 valence electrons. The fourth-order valence-electron chi connectivity index (χ4n) is 1.40. The third-order valence-electron chi connectivity index (χ3n) is 2.16. The highest BCUT2D eigenvalue weighted by atomic mass is 79.9. The predicted molar refractivity (Wildman–Crippen MR) is 70.1 cm³/mol. The van der Waals surface area contributed by atoms with Crippen molar-refractivity contribution in [3.05, 3.63) is 39.3 Å². The minimum Gasteiger partial charge on any atom is -0.477 e. The Kier molecular flexibility index (Phi) is 3.56. The molecule has 0 unspecified atom stereocenters. The summed E-state index contributed by atoms with van der Waals surface area (Å²) in [6, 6.07) is 7.56. The summed E-state index contributed by atoms with van der Waals surface area (Å²) in [7, 11) is 0. The van der Waals surface area contributed by atoms with Crippen LogP contribution in [0.1, 0.15) is 15.4 Å². The highest BCUT2D eigenvalue weighted by Gasteiger charge is 2.16. The first kappa shape index (κ1) is 12.2. The lowest BCUT2D eigenvalue weighted by Crippen LogP contribution is -2.04. The Labute approximate surface area is 110 Å². The van der Waals surface area contributed by atoms with Crippen LogP contribution in [0.2, 0.25) is 0 Å². The number of nitrogens with two attached hydrogens (primary N) is 1. The summed E-state index contributed by atoms with van der Waals surface area (Å²) in [6.07, 6.45) is 0. The lowest BCUT2D eigenvalue weighted by molar-refractivity contribution is 0.0700. The van der Waals surface area contributed by atoms with Gasteiger partial charge in [-0.15, -0.1) is 11.3 Å². The highest BCUT2D eigenvalue weighted by molar-refractivity contribution is 9.10. The van der Waals surface area contributed by atoms with Crippen LogP contribution in [-0.4, -0.2) is 16.1 Å². The number of thiazole rings is 1. The number of carboxylic acid groups (broad SMARTS) is 1. The number of aromatic nitrogens is 1. The number of carboxylic acids is 1. The summed E-state index contributed by atoms with van der Waals surface area (Å²) in [6.45, 7) is 0.131. The lowest BCUT2D eigenvalue weighted by Gasteiger charge is -1.95. The third kappa shape index (κ3) is 2.54. The highest BCUT2D eigenvalue weighted by Crippen LogP contribution is 2.29. The van der Waals surface area contributed by atoms with E-state index in [1.54, 1.807) is 0 Å².